The number of hydrogen-bond donors (Lipinski definition) is 2. The molecule has 1 aliphatic carbocycles. The lowest BCUT2D eigenvalue weighted by molar-refractivity contribution is -0.139. The normalized spacial score (nSPS) is 13.5. The van der Waals surface area contributed by atoms with Gasteiger partial charge in [-0.05, 0) is 74.1 Å². The van der Waals surface area contributed by atoms with E-state index in [9.17, 15) is 14.4 Å². The molecule has 0 heterocycles. The highest BCUT2D eigenvalue weighted by atomic mass is 16.5. The lowest BCUT2D eigenvalue weighted by Gasteiger charge is -2.14. The molecule has 0 aliphatic heterocycles. The number of esters is 1. The Balaban J connectivity index is 1.45. The van der Waals surface area contributed by atoms with E-state index in [1.165, 1.54) is 20.0 Å². The maximum Gasteiger partial charge on any atom is 0.325 e. The summed E-state index contributed by atoms with van der Waals surface area (Å²) in [6.07, 6.45) is 5.93. The monoisotopic (exact) mass is 424 g/mol. The van der Waals surface area contributed by atoms with Gasteiger partial charge in [0.05, 0.1) is 13.2 Å². The molecule has 2 aromatic carbocycles. The van der Waals surface area contributed by atoms with Crippen molar-refractivity contribution in [3.63, 3.8) is 0 Å². The molecule has 7 nitrogen and oxygen atoms in total. The fourth-order valence-corrected chi connectivity index (χ4v) is 3.49. The van der Waals surface area contributed by atoms with E-state index in [1.807, 2.05) is 24.3 Å². The van der Waals surface area contributed by atoms with Gasteiger partial charge in [0, 0.05) is 17.7 Å². The Bertz CT molecular complexity index is 904. The van der Waals surface area contributed by atoms with Crippen molar-refractivity contribution in [1.82, 2.24) is 5.32 Å². The number of rotatable bonds is 9. The third-order valence-corrected chi connectivity index (χ3v) is 5.20. The number of methoxy groups -OCH3 is 1. The van der Waals surface area contributed by atoms with E-state index in [2.05, 4.69) is 15.4 Å². The fourth-order valence-electron chi connectivity index (χ4n) is 3.49. The van der Waals surface area contributed by atoms with Crippen LogP contribution in [0.3, 0.4) is 0 Å². The summed E-state index contributed by atoms with van der Waals surface area (Å²) in [5.74, 6) is -0.147. The molecular formula is C24H28N2O5. The van der Waals surface area contributed by atoms with Crippen LogP contribution in [-0.4, -0.2) is 37.5 Å². The molecule has 0 bridgehead atoms. The number of ether oxygens (including phenoxy) is 2. The van der Waals surface area contributed by atoms with Gasteiger partial charge in [-0.2, -0.15) is 0 Å². The number of aryl methyl sites for hydroxylation is 1. The van der Waals surface area contributed by atoms with Crippen molar-refractivity contribution in [2.75, 3.05) is 19.0 Å². The van der Waals surface area contributed by atoms with Gasteiger partial charge in [0.2, 0.25) is 5.91 Å². The zero-order valence-corrected chi connectivity index (χ0v) is 17.7. The summed E-state index contributed by atoms with van der Waals surface area (Å²) in [4.78, 5) is 35.4. The predicted octanol–water partition coefficient (Wildman–Crippen LogP) is 3.48. The highest BCUT2D eigenvalue weighted by Gasteiger charge is 2.16. The average molecular weight is 424 g/mol. The fraction of sp³-hybridized carbons (Fsp3) is 0.375. The van der Waals surface area contributed by atoms with Gasteiger partial charge in [-0.1, -0.05) is 12.1 Å². The molecule has 1 fully saturated rings. The highest BCUT2D eigenvalue weighted by molar-refractivity contribution is 5.97. The SMILES string of the molecule is COC(=O)CNC(=O)c1ccc(NC(=O)CCc2cccc(OC3CCCC3)c2)cc1. The van der Waals surface area contributed by atoms with Gasteiger partial charge < -0.3 is 20.1 Å². The Kier molecular flexibility index (Phi) is 8.04. The molecule has 2 aromatic rings. The van der Waals surface area contributed by atoms with Gasteiger partial charge in [-0.3, -0.25) is 14.4 Å². The van der Waals surface area contributed by atoms with Crippen LogP contribution < -0.4 is 15.4 Å². The van der Waals surface area contributed by atoms with Crippen molar-refractivity contribution in [3.8, 4) is 5.75 Å². The second-order valence-electron chi connectivity index (χ2n) is 7.56. The summed E-state index contributed by atoms with van der Waals surface area (Å²) in [7, 11) is 1.26. The van der Waals surface area contributed by atoms with Crippen LogP contribution in [0.1, 0.15) is 48.0 Å². The molecule has 1 aliphatic rings. The molecule has 0 radical (unpaired) electrons. The minimum absolute atomic E-state index is 0.106. The zero-order valence-electron chi connectivity index (χ0n) is 17.7. The summed E-state index contributed by atoms with van der Waals surface area (Å²) in [5, 5.41) is 5.30. The molecule has 31 heavy (non-hydrogen) atoms. The highest BCUT2D eigenvalue weighted by Crippen LogP contribution is 2.25. The summed E-state index contributed by atoms with van der Waals surface area (Å²) < 4.78 is 10.5. The molecule has 0 aromatic heterocycles. The molecule has 2 N–H and O–H groups in total. The Labute approximate surface area is 182 Å². The van der Waals surface area contributed by atoms with Crippen LogP contribution in [0.5, 0.6) is 5.75 Å². The largest absolute Gasteiger partial charge is 0.490 e. The Morgan fingerprint density at radius 3 is 2.48 bits per heavy atom. The molecule has 0 unspecified atom stereocenters. The minimum atomic E-state index is -0.520. The number of carbonyl (C=O) groups is 3. The molecule has 164 valence electrons. The molecule has 2 amide bonds. The standard InChI is InChI=1S/C24H28N2O5/c1-30-23(28)16-25-24(29)18-10-12-19(13-11-18)26-22(27)14-9-17-5-4-8-21(15-17)31-20-6-2-3-7-20/h4-5,8,10-13,15,20H,2-3,6-7,9,14,16H2,1H3,(H,25,29)(H,26,27). The van der Waals surface area contributed by atoms with Gasteiger partial charge in [-0.15, -0.1) is 0 Å². The first-order valence-corrected chi connectivity index (χ1v) is 10.5. The van der Waals surface area contributed by atoms with Gasteiger partial charge in [0.25, 0.3) is 5.91 Å². The van der Waals surface area contributed by atoms with E-state index in [1.54, 1.807) is 24.3 Å². The Hall–Kier alpha value is -3.35. The van der Waals surface area contributed by atoms with Gasteiger partial charge in [0.15, 0.2) is 0 Å². The van der Waals surface area contributed by atoms with Crippen molar-refractivity contribution < 1.29 is 23.9 Å². The molecule has 0 atom stereocenters. The van der Waals surface area contributed by atoms with Crippen molar-refractivity contribution >= 4 is 23.5 Å². The number of hydrogen-bond acceptors (Lipinski definition) is 5. The van der Waals surface area contributed by atoms with Crippen LogP contribution in [-0.2, 0) is 20.7 Å². The quantitative estimate of drug-likeness (QED) is 0.601. The number of nitrogens with one attached hydrogen (secondary N) is 2. The summed E-state index contributed by atoms with van der Waals surface area (Å²) in [5.41, 5.74) is 2.05. The van der Waals surface area contributed by atoms with E-state index in [4.69, 9.17) is 4.74 Å². The molecule has 7 heteroatoms. The lowest BCUT2D eigenvalue weighted by atomic mass is 10.1. The lowest BCUT2D eigenvalue weighted by Crippen LogP contribution is -2.30. The van der Waals surface area contributed by atoms with E-state index in [0.29, 0.717) is 30.2 Å². The number of benzene rings is 2. The van der Waals surface area contributed by atoms with E-state index in [-0.39, 0.29) is 18.4 Å². The van der Waals surface area contributed by atoms with Crippen LogP contribution >= 0.6 is 0 Å². The molecule has 3 rings (SSSR count). The first kappa shape index (κ1) is 22.3. The van der Waals surface area contributed by atoms with Crippen LogP contribution in [0.2, 0.25) is 0 Å². The van der Waals surface area contributed by atoms with E-state index >= 15 is 0 Å². The third kappa shape index (κ3) is 7.13. The second-order valence-corrected chi connectivity index (χ2v) is 7.56. The number of amides is 2. The number of carbonyl (C=O) groups excluding carboxylic acids is 3. The Morgan fingerprint density at radius 2 is 1.77 bits per heavy atom. The molecule has 0 saturated heterocycles. The van der Waals surface area contributed by atoms with E-state index < -0.39 is 5.97 Å². The van der Waals surface area contributed by atoms with Crippen LogP contribution in [0.15, 0.2) is 48.5 Å². The van der Waals surface area contributed by atoms with Crippen molar-refractivity contribution in [1.29, 1.82) is 0 Å². The summed E-state index contributed by atoms with van der Waals surface area (Å²) in [6, 6.07) is 14.4. The smallest absolute Gasteiger partial charge is 0.325 e. The van der Waals surface area contributed by atoms with Gasteiger partial charge in [-0.25, -0.2) is 0 Å². The van der Waals surface area contributed by atoms with Crippen molar-refractivity contribution in [3.05, 3.63) is 59.7 Å². The topological polar surface area (TPSA) is 93.7 Å². The van der Waals surface area contributed by atoms with Crippen LogP contribution in [0.4, 0.5) is 5.69 Å². The maximum absolute atomic E-state index is 12.3. The first-order chi connectivity index (χ1) is 15.0. The summed E-state index contributed by atoms with van der Waals surface area (Å²) in [6.45, 7) is -0.194. The Morgan fingerprint density at radius 1 is 1.03 bits per heavy atom. The zero-order chi connectivity index (χ0) is 22.1. The molecule has 0 spiro atoms. The molecular weight excluding hydrogens is 396 g/mol. The van der Waals surface area contributed by atoms with E-state index in [0.717, 1.165) is 24.2 Å². The second kappa shape index (κ2) is 11.2. The van der Waals surface area contributed by atoms with Gasteiger partial charge in [0.1, 0.15) is 12.3 Å². The summed E-state index contributed by atoms with van der Waals surface area (Å²) >= 11 is 0. The maximum atomic E-state index is 12.3. The van der Waals surface area contributed by atoms with Crippen LogP contribution in [0, 0.1) is 0 Å². The minimum Gasteiger partial charge on any atom is -0.490 e. The first-order valence-electron chi connectivity index (χ1n) is 10.5. The number of anilines is 1. The third-order valence-electron chi connectivity index (χ3n) is 5.20. The van der Waals surface area contributed by atoms with Crippen molar-refractivity contribution in [2.45, 2.75) is 44.6 Å². The predicted molar refractivity (Wildman–Crippen MR) is 117 cm³/mol. The van der Waals surface area contributed by atoms with Crippen molar-refractivity contribution in [2.24, 2.45) is 0 Å². The molecule has 1 saturated carbocycles. The van der Waals surface area contributed by atoms with Gasteiger partial charge >= 0.3 is 5.97 Å². The average Bonchev–Trinajstić information content (AvgIpc) is 3.29. The van der Waals surface area contributed by atoms with Crippen LogP contribution in [0.25, 0.3) is 0 Å².